The maximum Gasteiger partial charge on any atom is 0.335 e. The first-order valence-electron chi connectivity index (χ1n) is 5.41. The van der Waals surface area contributed by atoms with Gasteiger partial charge in [0.15, 0.2) is 0 Å². The molecule has 0 saturated carbocycles. The van der Waals surface area contributed by atoms with Crippen molar-refractivity contribution in [2.45, 2.75) is 25.6 Å². The van der Waals surface area contributed by atoms with Crippen molar-refractivity contribution >= 4 is 5.97 Å². The van der Waals surface area contributed by atoms with E-state index in [4.69, 9.17) is 5.11 Å². The molecule has 1 heterocycles. The van der Waals surface area contributed by atoms with Gasteiger partial charge in [0.05, 0.1) is 5.56 Å². The van der Waals surface area contributed by atoms with Gasteiger partial charge in [0.1, 0.15) is 6.23 Å². The molecule has 0 radical (unpaired) electrons. The van der Waals surface area contributed by atoms with Crippen molar-refractivity contribution in [2.24, 2.45) is 0 Å². The second-order valence-electron chi connectivity index (χ2n) is 4.10. The zero-order chi connectivity index (χ0) is 11.5. The summed E-state index contributed by atoms with van der Waals surface area (Å²) in [5.74, 6) is -0.909. The van der Waals surface area contributed by atoms with Crippen LogP contribution >= 0.6 is 0 Å². The Hall–Kier alpha value is -1.39. The lowest BCUT2D eigenvalue weighted by Crippen LogP contribution is -2.28. The highest BCUT2D eigenvalue weighted by molar-refractivity contribution is 5.87. The van der Waals surface area contributed by atoms with E-state index in [0.29, 0.717) is 12.1 Å². The highest BCUT2D eigenvalue weighted by Gasteiger charge is 2.21. The third kappa shape index (κ3) is 2.40. The van der Waals surface area contributed by atoms with Crippen molar-refractivity contribution in [3.05, 3.63) is 35.4 Å². The molecule has 0 amide bonds. The third-order valence-electron chi connectivity index (χ3n) is 2.92. The van der Waals surface area contributed by atoms with Crippen LogP contribution < -0.4 is 0 Å². The number of benzene rings is 1. The van der Waals surface area contributed by atoms with Gasteiger partial charge >= 0.3 is 5.97 Å². The van der Waals surface area contributed by atoms with Gasteiger partial charge in [-0.25, -0.2) is 4.79 Å². The van der Waals surface area contributed by atoms with E-state index >= 15 is 0 Å². The maximum atomic E-state index is 10.7. The minimum atomic E-state index is -0.909. The molecule has 1 aromatic rings. The Morgan fingerprint density at radius 3 is 2.56 bits per heavy atom. The summed E-state index contributed by atoms with van der Waals surface area (Å²) in [5, 5.41) is 18.4. The number of carbonyl (C=O) groups is 1. The van der Waals surface area contributed by atoms with Crippen molar-refractivity contribution < 1.29 is 15.0 Å². The van der Waals surface area contributed by atoms with Gasteiger partial charge in [-0.1, -0.05) is 12.1 Å². The number of aliphatic hydroxyl groups is 1. The second-order valence-corrected chi connectivity index (χ2v) is 4.10. The van der Waals surface area contributed by atoms with Gasteiger partial charge in [-0.2, -0.15) is 0 Å². The quantitative estimate of drug-likeness (QED) is 0.807. The van der Waals surface area contributed by atoms with Crippen LogP contribution in [0.5, 0.6) is 0 Å². The van der Waals surface area contributed by atoms with Gasteiger partial charge in [-0.3, -0.25) is 4.90 Å². The largest absolute Gasteiger partial charge is 0.478 e. The molecule has 16 heavy (non-hydrogen) atoms. The SMILES string of the molecule is O=C(O)c1ccc(CN2CCCC2O)cc1. The van der Waals surface area contributed by atoms with Crippen molar-refractivity contribution in [1.82, 2.24) is 4.90 Å². The summed E-state index contributed by atoms with van der Waals surface area (Å²) in [6, 6.07) is 6.79. The number of rotatable bonds is 3. The monoisotopic (exact) mass is 221 g/mol. The number of likely N-dealkylation sites (tertiary alicyclic amines) is 1. The summed E-state index contributed by atoms with van der Waals surface area (Å²) in [4.78, 5) is 12.7. The van der Waals surface area contributed by atoms with Crippen LogP contribution in [0.15, 0.2) is 24.3 Å². The van der Waals surface area contributed by atoms with Gasteiger partial charge < -0.3 is 10.2 Å². The van der Waals surface area contributed by atoms with Crippen LogP contribution in [0.1, 0.15) is 28.8 Å². The Bertz CT molecular complexity index is 374. The third-order valence-corrected chi connectivity index (χ3v) is 2.92. The Labute approximate surface area is 94.1 Å². The standard InChI is InChI=1S/C12H15NO3/c14-11-2-1-7-13(11)8-9-3-5-10(6-4-9)12(15)16/h3-6,11,14H,1-2,7-8H2,(H,15,16). The van der Waals surface area contributed by atoms with Crippen LogP contribution in [-0.4, -0.2) is 33.9 Å². The Kier molecular flexibility index (Phi) is 3.22. The number of hydrogen-bond acceptors (Lipinski definition) is 3. The van der Waals surface area contributed by atoms with E-state index in [1.54, 1.807) is 24.3 Å². The number of aliphatic hydroxyl groups excluding tert-OH is 1. The molecule has 1 aliphatic heterocycles. The molecular formula is C12H15NO3. The Balaban J connectivity index is 2.02. The molecule has 0 bridgehead atoms. The summed E-state index contributed by atoms with van der Waals surface area (Å²) >= 11 is 0. The number of nitrogens with zero attached hydrogens (tertiary/aromatic N) is 1. The fourth-order valence-electron chi connectivity index (χ4n) is 1.98. The van der Waals surface area contributed by atoms with Crippen molar-refractivity contribution in [3.63, 3.8) is 0 Å². The lowest BCUT2D eigenvalue weighted by atomic mass is 10.1. The summed E-state index contributed by atoms with van der Waals surface area (Å²) < 4.78 is 0. The summed E-state index contributed by atoms with van der Waals surface area (Å²) in [6.45, 7) is 1.59. The molecule has 1 aromatic carbocycles. The van der Waals surface area contributed by atoms with Gasteiger partial charge in [-0.15, -0.1) is 0 Å². The number of hydrogen-bond donors (Lipinski definition) is 2. The molecule has 1 saturated heterocycles. The van der Waals surface area contributed by atoms with Gasteiger partial charge in [0, 0.05) is 13.1 Å². The lowest BCUT2D eigenvalue weighted by Gasteiger charge is -2.19. The lowest BCUT2D eigenvalue weighted by molar-refractivity contribution is 0.0328. The highest BCUT2D eigenvalue weighted by atomic mass is 16.4. The summed E-state index contributed by atoms with van der Waals surface area (Å²) in [7, 11) is 0. The molecule has 1 unspecified atom stereocenters. The molecule has 2 rings (SSSR count). The first kappa shape index (κ1) is 11.1. The van der Waals surface area contributed by atoms with Crippen molar-refractivity contribution in [1.29, 1.82) is 0 Å². The second kappa shape index (κ2) is 4.63. The van der Waals surface area contributed by atoms with Crippen molar-refractivity contribution in [2.75, 3.05) is 6.54 Å². The van der Waals surface area contributed by atoms with Gasteiger partial charge in [0.2, 0.25) is 0 Å². The molecule has 0 spiro atoms. The molecular weight excluding hydrogens is 206 g/mol. The number of carboxylic acids is 1. The molecule has 2 N–H and O–H groups in total. The predicted octanol–water partition coefficient (Wildman–Crippen LogP) is 1.30. The van der Waals surface area contributed by atoms with Crippen LogP contribution in [0.4, 0.5) is 0 Å². The van der Waals surface area contributed by atoms with E-state index in [0.717, 1.165) is 24.9 Å². The molecule has 4 nitrogen and oxygen atoms in total. The zero-order valence-corrected chi connectivity index (χ0v) is 8.97. The number of aromatic carboxylic acids is 1. The molecule has 86 valence electrons. The smallest absolute Gasteiger partial charge is 0.335 e. The highest BCUT2D eigenvalue weighted by Crippen LogP contribution is 2.18. The first-order chi connectivity index (χ1) is 7.66. The molecule has 1 atom stereocenters. The van der Waals surface area contributed by atoms with E-state index in [1.807, 2.05) is 4.90 Å². The van der Waals surface area contributed by atoms with Gasteiger partial charge in [0.25, 0.3) is 0 Å². The van der Waals surface area contributed by atoms with Crippen LogP contribution in [0, 0.1) is 0 Å². The Morgan fingerprint density at radius 2 is 2.06 bits per heavy atom. The Morgan fingerprint density at radius 1 is 1.38 bits per heavy atom. The maximum absolute atomic E-state index is 10.7. The molecule has 1 fully saturated rings. The molecule has 0 aromatic heterocycles. The molecule has 0 aliphatic carbocycles. The van der Waals surface area contributed by atoms with Crippen molar-refractivity contribution in [3.8, 4) is 0 Å². The summed E-state index contributed by atoms with van der Waals surface area (Å²) in [6.07, 6.45) is 1.50. The average Bonchev–Trinajstić information content (AvgIpc) is 2.65. The zero-order valence-electron chi connectivity index (χ0n) is 8.97. The fourth-order valence-corrected chi connectivity index (χ4v) is 1.98. The fraction of sp³-hybridized carbons (Fsp3) is 0.417. The van der Waals surface area contributed by atoms with Crippen LogP contribution in [0.25, 0.3) is 0 Å². The van der Waals surface area contributed by atoms with E-state index in [1.165, 1.54) is 0 Å². The van der Waals surface area contributed by atoms with E-state index in [9.17, 15) is 9.90 Å². The summed E-state index contributed by atoms with van der Waals surface area (Å²) in [5.41, 5.74) is 1.33. The van der Waals surface area contributed by atoms with Crippen LogP contribution in [-0.2, 0) is 6.54 Å². The van der Waals surface area contributed by atoms with E-state index < -0.39 is 5.97 Å². The van der Waals surface area contributed by atoms with E-state index in [2.05, 4.69) is 0 Å². The topological polar surface area (TPSA) is 60.8 Å². The molecule has 4 heteroatoms. The van der Waals surface area contributed by atoms with Crippen LogP contribution in [0.2, 0.25) is 0 Å². The minimum Gasteiger partial charge on any atom is -0.478 e. The van der Waals surface area contributed by atoms with Crippen LogP contribution in [0.3, 0.4) is 0 Å². The average molecular weight is 221 g/mol. The molecule has 1 aliphatic rings. The number of carboxylic acid groups (broad SMARTS) is 1. The minimum absolute atomic E-state index is 0.297. The van der Waals surface area contributed by atoms with Gasteiger partial charge in [-0.05, 0) is 30.5 Å². The normalized spacial score (nSPS) is 21.2. The van der Waals surface area contributed by atoms with E-state index in [-0.39, 0.29) is 6.23 Å². The first-order valence-corrected chi connectivity index (χ1v) is 5.41. The predicted molar refractivity (Wildman–Crippen MR) is 59.1 cm³/mol.